The first-order valence-electron chi connectivity index (χ1n) is 7.15. The van der Waals surface area contributed by atoms with E-state index in [1.165, 1.54) is 12.1 Å². The number of aryl methyl sites for hydroxylation is 1. The van der Waals surface area contributed by atoms with Crippen LogP contribution in [0.2, 0.25) is 0 Å². The van der Waals surface area contributed by atoms with Gasteiger partial charge in [0.2, 0.25) is 0 Å². The third kappa shape index (κ3) is 4.53. The number of hydrogen-bond donors (Lipinski definition) is 0. The molecule has 112 valence electrons. The highest BCUT2D eigenvalue weighted by Crippen LogP contribution is 2.11. The van der Waals surface area contributed by atoms with E-state index >= 15 is 0 Å². The lowest BCUT2D eigenvalue weighted by Crippen LogP contribution is -2.44. The number of rotatable bonds is 5. The van der Waals surface area contributed by atoms with Gasteiger partial charge in [-0.1, -0.05) is 24.3 Å². The quantitative estimate of drug-likeness (QED) is 0.763. The molecule has 2 nitrogen and oxygen atoms in total. The number of piperazine rings is 1. The fraction of sp³-hybridized carbons (Fsp3) is 0.571. The normalized spacial score (nSPS) is 18.4. The molecule has 0 N–H and O–H groups in total. The summed E-state index contributed by atoms with van der Waals surface area (Å²) in [5.41, 5.74) is 0.482. The molecule has 0 spiro atoms. The van der Waals surface area contributed by atoms with Crippen molar-refractivity contribution in [1.29, 1.82) is 0 Å². The van der Waals surface area contributed by atoms with Crippen LogP contribution in [0.4, 0.5) is 12.9 Å². The summed E-state index contributed by atoms with van der Waals surface area (Å²) >= 11 is 0. The van der Waals surface area contributed by atoms with Crippen LogP contribution in [0.15, 0.2) is 24.3 Å². The predicted molar refractivity (Wildman–Crippen MR) is 77.4 cm³/mol. The van der Waals surface area contributed by atoms with Gasteiger partial charge in [0, 0.05) is 26.2 Å². The van der Waals surface area contributed by atoms with E-state index in [1.54, 1.807) is 12.1 Å². The molecular formula is C14H21BF3N2-. The molecule has 1 aromatic carbocycles. The van der Waals surface area contributed by atoms with Crippen LogP contribution in [0.3, 0.4) is 0 Å². The second-order valence-corrected chi connectivity index (χ2v) is 5.56. The highest BCUT2D eigenvalue weighted by molar-refractivity contribution is 6.73. The molecule has 1 aliphatic heterocycles. The Kier molecular flexibility index (Phi) is 5.10. The molecule has 0 bridgehead atoms. The smallest absolute Gasteiger partial charge is 0.445 e. The minimum absolute atomic E-state index is 0.507. The summed E-state index contributed by atoms with van der Waals surface area (Å²) in [6, 6.07) is 5.61. The van der Waals surface area contributed by atoms with Crippen LogP contribution in [0.5, 0.6) is 0 Å². The first-order valence-corrected chi connectivity index (χ1v) is 7.15. The number of halogens is 3. The third-order valence-electron chi connectivity index (χ3n) is 3.89. The van der Waals surface area contributed by atoms with Crippen molar-refractivity contribution >= 4 is 12.4 Å². The number of likely N-dealkylation sites (N-methyl/N-ethyl adjacent to an activating group) is 1. The summed E-state index contributed by atoms with van der Waals surface area (Å²) in [6.45, 7) is 0.538. The second-order valence-electron chi connectivity index (χ2n) is 5.56. The number of benzene rings is 1. The maximum atomic E-state index is 12.5. The fourth-order valence-electron chi connectivity index (χ4n) is 2.48. The highest BCUT2D eigenvalue weighted by atomic mass is 19.4. The van der Waals surface area contributed by atoms with Gasteiger partial charge in [0.15, 0.2) is 0 Å². The van der Waals surface area contributed by atoms with Crippen molar-refractivity contribution in [2.24, 2.45) is 0 Å². The Morgan fingerprint density at radius 3 is 2.15 bits per heavy atom. The maximum Gasteiger partial charge on any atom is 0.509 e. The summed E-state index contributed by atoms with van der Waals surface area (Å²) in [5, 5.41) is 0. The van der Waals surface area contributed by atoms with Crippen molar-refractivity contribution in [3.8, 4) is 0 Å². The van der Waals surface area contributed by atoms with E-state index in [0.717, 1.165) is 51.1 Å². The van der Waals surface area contributed by atoms with Crippen LogP contribution < -0.4 is 5.46 Å². The summed E-state index contributed by atoms with van der Waals surface area (Å²) in [5.74, 6) is 0. The Hall–Kier alpha value is -1.01. The molecule has 0 atom stereocenters. The molecule has 0 amide bonds. The van der Waals surface area contributed by atoms with E-state index in [0.29, 0.717) is 0 Å². The number of nitrogens with zero attached hydrogens (tertiary/aromatic N) is 2. The van der Waals surface area contributed by atoms with Gasteiger partial charge in [0.25, 0.3) is 0 Å². The molecule has 1 saturated heterocycles. The Morgan fingerprint density at radius 2 is 1.60 bits per heavy atom. The molecule has 1 fully saturated rings. The average Bonchev–Trinajstić information content (AvgIpc) is 2.41. The largest absolute Gasteiger partial charge is 0.509 e. The van der Waals surface area contributed by atoms with Gasteiger partial charge in [0.05, 0.1) is 0 Å². The van der Waals surface area contributed by atoms with Crippen molar-refractivity contribution in [2.45, 2.75) is 12.8 Å². The standard InChI is InChI=1S/C14H21BF3N2/c1-19-9-11-20(12-10-19)8-2-3-13-4-6-14(7-5-13)15(16,17)18/h4-7H,2-3,8-12H2,1H3/q-1. The first kappa shape index (κ1) is 15.4. The second kappa shape index (κ2) is 6.63. The highest BCUT2D eigenvalue weighted by Gasteiger charge is 2.24. The minimum Gasteiger partial charge on any atom is -0.445 e. The van der Waals surface area contributed by atoms with E-state index in [9.17, 15) is 12.9 Å². The zero-order chi connectivity index (χ0) is 14.6. The Balaban J connectivity index is 1.74. The molecule has 1 aromatic rings. The Morgan fingerprint density at radius 1 is 1.00 bits per heavy atom. The van der Waals surface area contributed by atoms with Crippen LogP contribution in [0, 0.1) is 0 Å². The van der Waals surface area contributed by atoms with Gasteiger partial charge >= 0.3 is 6.98 Å². The lowest BCUT2D eigenvalue weighted by Gasteiger charge is -2.32. The van der Waals surface area contributed by atoms with Crippen molar-refractivity contribution in [3.05, 3.63) is 29.8 Å². The molecule has 0 radical (unpaired) electrons. The van der Waals surface area contributed by atoms with Gasteiger partial charge in [-0.25, -0.2) is 0 Å². The van der Waals surface area contributed by atoms with Crippen LogP contribution >= 0.6 is 0 Å². The topological polar surface area (TPSA) is 6.48 Å². The van der Waals surface area contributed by atoms with Crippen LogP contribution in [0.1, 0.15) is 12.0 Å². The summed E-state index contributed by atoms with van der Waals surface area (Å²) < 4.78 is 37.5. The molecule has 0 saturated carbocycles. The Labute approximate surface area is 118 Å². The van der Waals surface area contributed by atoms with E-state index in [-0.39, 0.29) is 0 Å². The SMILES string of the molecule is CN1CCN(CCCc2ccc([B-](F)(F)F)cc2)CC1. The lowest BCUT2D eigenvalue weighted by molar-refractivity contribution is 0.153. The van der Waals surface area contributed by atoms with Gasteiger partial charge in [-0.15, -0.1) is 5.46 Å². The maximum absolute atomic E-state index is 12.5. The Bertz CT molecular complexity index is 411. The van der Waals surface area contributed by atoms with Crippen molar-refractivity contribution in [2.75, 3.05) is 39.8 Å². The zero-order valence-corrected chi connectivity index (χ0v) is 11.9. The molecule has 0 aromatic heterocycles. The van der Waals surface area contributed by atoms with E-state index in [4.69, 9.17) is 0 Å². The summed E-state index contributed by atoms with van der Waals surface area (Å²) in [7, 11) is 2.13. The van der Waals surface area contributed by atoms with Gasteiger partial charge in [-0.2, -0.15) is 0 Å². The molecule has 0 aliphatic carbocycles. The van der Waals surface area contributed by atoms with Crippen molar-refractivity contribution < 1.29 is 12.9 Å². The first-order chi connectivity index (χ1) is 9.45. The molecule has 1 heterocycles. The molecule has 0 unspecified atom stereocenters. The predicted octanol–water partition coefficient (Wildman–Crippen LogP) is 1.92. The monoisotopic (exact) mass is 285 g/mol. The van der Waals surface area contributed by atoms with E-state index in [1.807, 2.05) is 0 Å². The summed E-state index contributed by atoms with van der Waals surface area (Å²) in [4.78, 5) is 4.74. The van der Waals surface area contributed by atoms with Gasteiger partial charge < -0.3 is 22.7 Å². The van der Waals surface area contributed by atoms with Gasteiger partial charge in [0.1, 0.15) is 0 Å². The van der Waals surface area contributed by atoms with E-state index in [2.05, 4.69) is 16.8 Å². The fourth-order valence-corrected chi connectivity index (χ4v) is 2.48. The lowest BCUT2D eigenvalue weighted by atomic mass is 9.80. The average molecular weight is 285 g/mol. The van der Waals surface area contributed by atoms with Crippen LogP contribution in [-0.2, 0) is 6.42 Å². The zero-order valence-electron chi connectivity index (χ0n) is 11.9. The molecule has 1 aliphatic rings. The van der Waals surface area contributed by atoms with Crippen LogP contribution in [0.25, 0.3) is 0 Å². The third-order valence-corrected chi connectivity index (χ3v) is 3.89. The van der Waals surface area contributed by atoms with Crippen molar-refractivity contribution in [3.63, 3.8) is 0 Å². The summed E-state index contributed by atoms with van der Waals surface area (Å²) in [6.07, 6.45) is 1.84. The minimum atomic E-state index is -4.87. The van der Waals surface area contributed by atoms with E-state index < -0.39 is 12.4 Å². The van der Waals surface area contributed by atoms with Crippen molar-refractivity contribution in [1.82, 2.24) is 9.80 Å². The van der Waals surface area contributed by atoms with Gasteiger partial charge in [-0.05, 0) is 32.0 Å². The van der Waals surface area contributed by atoms with Gasteiger partial charge in [-0.3, -0.25) is 0 Å². The molecule has 2 rings (SSSR count). The molecule has 6 heteroatoms. The van der Waals surface area contributed by atoms with Crippen LogP contribution in [-0.4, -0.2) is 56.5 Å². The molecule has 20 heavy (non-hydrogen) atoms. The number of hydrogen-bond acceptors (Lipinski definition) is 2. The molecular weight excluding hydrogens is 264 g/mol.